The summed E-state index contributed by atoms with van der Waals surface area (Å²) in [6, 6.07) is 2.49. The molecular weight excluding hydrogens is 430 g/mol. The van der Waals surface area contributed by atoms with Gasteiger partial charge < -0.3 is 16.2 Å². The molecule has 1 heterocycles. The summed E-state index contributed by atoms with van der Waals surface area (Å²) in [4.78, 5) is 22.6. The van der Waals surface area contributed by atoms with Gasteiger partial charge in [-0.2, -0.15) is 0 Å². The summed E-state index contributed by atoms with van der Waals surface area (Å²) in [5.74, 6) is -2.69. The van der Waals surface area contributed by atoms with Crippen LogP contribution in [0.2, 0.25) is 10.0 Å². The van der Waals surface area contributed by atoms with E-state index in [1.807, 2.05) is 0 Å². The molecule has 0 saturated heterocycles. The Morgan fingerprint density at radius 2 is 1.81 bits per heavy atom. The van der Waals surface area contributed by atoms with Crippen molar-refractivity contribution < 1.29 is 27.5 Å². The van der Waals surface area contributed by atoms with E-state index in [4.69, 9.17) is 28.9 Å². The van der Waals surface area contributed by atoms with E-state index < -0.39 is 52.7 Å². The number of primary amides is 1. The Bertz CT molecular complexity index is 982. The van der Waals surface area contributed by atoms with Gasteiger partial charge in [0.2, 0.25) is 9.84 Å². The van der Waals surface area contributed by atoms with Crippen LogP contribution >= 0.6 is 34.5 Å². The number of hydrogen-bond donors (Lipinski definition) is 3. The topological polar surface area (TPSA) is 127 Å². The highest BCUT2D eigenvalue weighted by atomic mass is 35.5. The minimum Gasteiger partial charge on any atom is -0.384 e. The van der Waals surface area contributed by atoms with Crippen LogP contribution in [0.25, 0.3) is 0 Å². The molecule has 0 aliphatic heterocycles. The second-order valence-electron chi connectivity index (χ2n) is 5.04. The number of thiophene rings is 1. The summed E-state index contributed by atoms with van der Waals surface area (Å²) >= 11 is 12.1. The monoisotopic (exact) mass is 440 g/mol. The summed E-state index contributed by atoms with van der Waals surface area (Å²) in [6.45, 7) is 1.18. The van der Waals surface area contributed by atoms with Gasteiger partial charge in [-0.15, -0.1) is 11.3 Å². The van der Waals surface area contributed by atoms with Gasteiger partial charge in [-0.05, 0) is 25.1 Å². The number of aliphatic hydroxyl groups excluding tert-OH is 1. The molecule has 4 N–H and O–H groups in total. The number of carbonyl (C=O) groups excluding carboxylic acids is 2. The van der Waals surface area contributed by atoms with Crippen LogP contribution in [0.1, 0.15) is 17.3 Å². The number of hydrogen-bond acceptors (Lipinski definition) is 6. The second-order valence-corrected chi connectivity index (χ2v) is 9.02. The molecule has 12 heteroatoms. The normalized spacial score (nSPS) is 12.7. The molecule has 2 aromatic rings. The number of anilines is 1. The Balaban J connectivity index is 2.62. The van der Waals surface area contributed by atoms with E-state index in [0.717, 1.165) is 18.2 Å². The third-order valence-corrected chi connectivity index (χ3v) is 7.29. The number of halogens is 3. The Labute approximate surface area is 161 Å². The van der Waals surface area contributed by atoms with Crippen LogP contribution in [0.4, 0.5) is 9.39 Å². The number of sulfone groups is 1. The van der Waals surface area contributed by atoms with Gasteiger partial charge in [0.25, 0.3) is 11.8 Å². The molecule has 0 bridgehead atoms. The van der Waals surface area contributed by atoms with Crippen molar-refractivity contribution in [2.75, 3.05) is 5.32 Å². The molecule has 0 saturated carbocycles. The van der Waals surface area contributed by atoms with Crippen molar-refractivity contribution >= 4 is 61.2 Å². The van der Waals surface area contributed by atoms with Gasteiger partial charge in [0.1, 0.15) is 26.0 Å². The lowest BCUT2D eigenvalue weighted by Crippen LogP contribution is -2.25. The average Bonchev–Trinajstić information content (AvgIpc) is 2.90. The predicted molar refractivity (Wildman–Crippen MR) is 95.0 cm³/mol. The fourth-order valence-corrected chi connectivity index (χ4v) is 5.79. The number of nitrogens with two attached hydrogens (primary N) is 1. The molecule has 0 aliphatic carbocycles. The molecule has 1 aromatic heterocycles. The molecule has 26 heavy (non-hydrogen) atoms. The van der Waals surface area contributed by atoms with Crippen molar-refractivity contribution in [1.82, 2.24) is 0 Å². The highest BCUT2D eigenvalue weighted by molar-refractivity contribution is 7.93. The van der Waals surface area contributed by atoms with Gasteiger partial charge in [0.05, 0.1) is 15.6 Å². The zero-order valence-electron chi connectivity index (χ0n) is 12.9. The van der Waals surface area contributed by atoms with Crippen LogP contribution in [0.5, 0.6) is 0 Å². The Morgan fingerprint density at radius 1 is 1.27 bits per heavy atom. The highest BCUT2D eigenvalue weighted by Crippen LogP contribution is 2.39. The zero-order chi connectivity index (χ0) is 19.8. The summed E-state index contributed by atoms with van der Waals surface area (Å²) in [5, 5.41) is 10.4. The van der Waals surface area contributed by atoms with Gasteiger partial charge in [-0.3, -0.25) is 9.59 Å². The number of benzene rings is 1. The molecule has 2 amide bonds. The number of nitrogens with one attached hydrogen (secondary N) is 1. The van der Waals surface area contributed by atoms with Crippen molar-refractivity contribution in [3.63, 3.8) is 0 Å². The van der Waals surface area contributed by atoms with Gasteiger partial charge in [-0.1, -0.05) is 23.2 Å². The lowest BCUT2D eigenvalue weighted by Gasteiger charge is -2.07. The maximum absolute atomic E-state index is 13.3. The minimum absolute atomic E-state index is 0.170. The first kappa shape index (κ1) is 20.6. The standard InChI is InChI=1S/C14H11Cl2FN2O5S2/c1-5(20)13(22)19-14-7(12(18)21)4-10(25-14)26(23,24)11-8(15)2-6(17)3-9(11)16/h2-5,20H,1H3,(H2,18,21)(H,19,22). The molecule has 1 aromatic carbocycles. The van der Waals surface area contributed by atoms with Crippen molar-refractivity contribution in [3.05, 3.63) is 39.6 Å². The molecule has 0 radical (unpaired) electrons. The van der Waals surface area contributed by atoms with Gasteiger partial charge in [0.15, 0.2) is 0 Å². The Morgan fingerprint density at radius 3 is 2.27 bits per heavy atom. The molecule has 7 nitrogen and oxygen atoms in total. The molecule has 1 atom stereocenters. The summed E-state index contributed by atoms with van der Waals surface area (Å²) in [6.07, 6.45) is -1.40. The quantitative estimate of drug-likeness (QED) is 0.615. The molecule has 0 fully saturated rings. The Kier molecular flexibility index (Phi) is 5.93. The summed E-state index contributed by atoms with van der Waals surface area (Å²) in [5.41, 5.74) is 4.92. The first-order chi connectivity index (χ1) is 11.9. The molecule has 1 unspecified atom stereocenters. The summed E-state index contributed by atoms with van der Waals surface area (Å²) < 4.78 is 38.5. The maximum Gasteiger partial charge on any atom is 0.253 e. The third kappa shape index (κ3) is 3.99. The second kappa shape index (κ2) is 7.49. The zero-order valence-corrected chi connectivity index (χ0v) is 16.1. The fourth-order valence-electron chi connectivity index (χ4n) is 1.88. The van der Waals surface area contributed by atoms with Crippen LogP contribution in [-0.2, 0) is 14.6 Å². The van der Waals surface area contributed by atoms with Gasteiger partial charge >= 0.3 is 0 Å². The number of rotatable bonds is 5. The predicted octanol–water partition coefficient (Wildman–Crippen LogP) is 2.44. The van der Waals surface area contributed by atoms with E-state index in [9.17, 15) is 27.5 Å². The molecular formula is C14H11Cl2FN2O5S2. The van der Waals surface area contributed by atoms with E-state index in [0.29, 0.717) is 11.3 Å². The largest absolute Gasteiger partial charge is 0.384 e. The first-order valence-electron chi connectivity index (χ1n) is 6.77. The number of amides is 2. The maximum atomic E-state index is 13.3. The lowest BCUT2D eigenvalue weighted by atomic mass is 10.3. The minimum atomic E-state index is -4.34. The van der Waals surface area contributed by atoms with Crippen LogP contribution in [0.15, 0.2) is 27.3 Å². The van der Waals surface area contributed by atoms with E-state index in [1.165, 1.54) is 6.92 Å². The van der Waals surface area contributed by atoms with Crippen molar-refractivity contribution in [3.8, 4) is 0 Å². The number of carbonyl (C=O) groups is 2. The van der Waals surface area contributed by atoms with E-state index >= 15 is 0 Å². The van der Waals surface area contributed by atoms with Crippen molar-refractivity contribution in [2.24, 2.45) is 5.73 Å². The average molecular weight is 441 g/mol. The van der Waals surface area contributed by atoms with Crippen molar-refractivity contribution in [1.29, 1.82) is 0 Å². The molecule has 140 valence electrons. The van der Waals surface area contributed by atoms with Crippen LogP contribution in [0, 0.1) is 5.82 Å². The van der Waals surface area contributed by atoms with E-state index in [1.54, 1.807) is 0 Å². The van der Waals surface area contributed by atoms with E-state index in [-0.39, 0.29) is 10.6 Å². The fraction of sp³-hybridized carbons (Fsp3) is 0.143. The highest BCUT2D eigenvalue weighted by Gasteiger charge is 2.30. The van der Waals surface area contributed by atoms with Gasteiger partial charge in [-0.25, -0.2) is 12.8 Å². The van der Waals surface area contributed by atoms with E-state index in [2.05, 4.69) is 5.32 Å². The van der Waals surface area contributed by atoms with Crippen molar-refractivity contribution in [2.45, 2.75) is 22.1 Å². The summed E-state index contributed by atoms with van der Waals surface area (Å²) in [7, 11) is -4.34. The molecule has 2 rings (SSSR count). The Hall–Kier alpha value is -1.72. The number of aliphatic hydroxyl groups is 1. The van der Waals surface area contributed by atoms with Crippen LogP contribution in [-0.4, -0.2) is 31.4 Å². The van der Waals surface area contributed by atoms with Crippen LogP contribution < -0.4 is 11.1 Å². The third-order valence-electron chi connectivity index (χ3n) is 3.09. The van der Waals surface area contributed by atoms with Gasteiger partial charge in [0, 0.05) is 0 Å². The SMILES string of the molecule is CC(O)C(=O)Nc1sc(S(=O)(=O)c2c(Cl)cc(F)cc2Cl)cc1C(N)=O. The molecule has 0 spiro atoms. The molecule has 0 aliphatic rings. The lowest BCUT2D eigenvalue weighted by molar-refractivity contribution is -0.123. The first-order valence-corrected chi connectivity index (χ1v) is 9.83. The smallest absolute Gasteiger partial charge is 0.253 e. The van der Waals surface area contributed by atoms with Crippen LogP contribution in [0.3, 0.4) is 0 Å².